The predicted octanol–water partition coefficient (Wildman–Crippen LogP) is 3.68. The summed E-state index contributed by atoms with van der Waals surface area (Å²) in [6.45, 7) is 14.8. The number of nitrogens with one attached hydrogen (secondary N) is 2. The molecule has 6 heteroatoms. The minimum absolute atomic E-state index is 0.105. The lowest BCUT2D eigenvalue weighted by molar-refractivity contribution is 0.157. The first-order valence-corrected chi connectivity index (χ1v) is 10.9. The zero-order valence-electron chi connectivity index (χ0n) is 17.2. The van der Waals surface area contributed by atoms with Gasteiger partial charge in [0.25, 0.3) is 0 Å². The first kappa shape index (κ1) is 21.2. The molecule has 0 atom stereocenters. The molecule has 148 valence electrons. The molecule has 2 N–H and O–H groups in total. The SMILES string of the molecule is CCCOc1cc(S(=O)(=O)NC2CC(C)(C)NC(C)(C)C2)c(C)cc1C. The van der Waals surface area contributed by atoms with Crippen molar-refractivity contribution in [3.05, 3.63) is 23.3 Å². The Morgan fingerprint density at radius 1 is 1.12 bits per heavy atom. The van der Waals surface area contributed by atoms with Crippen molar-refractivity contribution in [2.75, 3.05) is 6.61 Å². The molecule has 0 saturated carbocycles. The van der Waals surface area contributed by atoms with Crippen LogP contribution in [0.3, 0.4) is 0 Å². The summed E-state index contributed by atoms with van der Waals surface area (Å²) in [7, 11) is -3.61. The lowest BCUT2D eigenvalue weighted by atomic mass is 9.80. The molecule has 0 unspecified atom stereocenters. The fourth-order valence-corrected chi connectivity index (χ4v) is 5.64. The van der Waals surface area contributed by atoms with Gasteiger partial charge in [0.15, 0.2) is 0 Å². The van der Waals surface area contributed by atoms with E-state index in [1.54, 1.807) is 6.07 Å². The summed E-state index contributed by atoms with van der Waals surface area (Å²) in [6, 6.07) is 3.45. The van der Waals surface area contributed by atoms with Gasteiger partial charge in [0.2, 0.25) is 10.0 Å². The van der Waals surface area contributed by atoms with Crippen LogP contribution in [0.1, 0.15) is 65.0 Å². The highest BCUT2D eigenvalue weighted by molar-refractivity contribution is 7.89. The molecule has 2 rings (SSSR count). The van der Waals surface area contributed by atoms with E-state index in [1.807, 2.05) is 26.8 Å². The lowest BCUT2D eigenvalue weighted by Crippen LogP contribution is -2.62. The number of sulfonamides is 1. The Labute approximate surface area is 159 Å². The molecule has 5 nitrogen and oxygen atoms in total. The van der Waals surface area contributed by atoms with Crippen LogP contribution in [0.25, 0.3) is 0 Å². The highest BCUT2D eigenvalue weighted by Gasteiger charge is 2.39. The van der Waals surface area contributed by atoms with Crippen molar-refractivity contribution in [3.63, 3.8) is 0 Å². The lowest BCUT2D eigenvalue weighted by Gasteiger charge is -2.46. The molecule has 26 heavy (non-hydrogen) atoms. The Morgan fingerprint density at radius 2 is 1.69 bits per heavy atom. The number of aryl methyl sites for hydroxylation is 2. The van der Waals surface area contributed by atoms with Gasteiger partial charge in [-0.05, 0) is 71.9 Å². The van der Waals surface area contributed by atoms with Crippen molar-refractivity contribution in [1.29, 1.82) is 0 Å². The van der Waals surface area contributed by atoms with Crippen molar-refractivity contribution >= 4 is 10.0 Å². The Morgan fingerprint density at radius 3 is 2.23 bits per heavy atom. The van der Waals surface area contributed by atoms with Gasteiger partial charge in [0.05, 0.1) is 11.5 Å². The van der Waals surface area contributed by atoms with Crippen LogP contribution >= 0.6 is 0 Å². The van der Waals surface area contributed by atoms with E-state index in [9.17, 15) is 8.42 Å². The predicted molar refractivity (Wildman–Crippen MR) is 106 cm³/mol. The van der Waals surface area contributed by atoms with Gasteiger partial charge in [-0.2, -0.15) is 0 Å². The molecular weight excluding hydrogens is 348 g/mol. The number of hydrogen-bond donors (Lipinski definition) is 2. The van der Waals surface area contributed by atoms with Gasteiger partial charge in [-0.25, -0.2) is 13.1 Å². The zero-order chi connectivity index (χ0) is 19.8. The Kier molecular flexibility index (Phi) is 6.10. The van der Waals surface area contributed by atoms with E-state index in [0.717, 1.165) is 30.4 Å². The molecule has 0 aromatic heterocycles. The molecule has 0 spiro atoms. The molecule has 1 aliphatic heterocycles. The van der Waals surface area contributed by atoms with Crippen LogP contribution in [-0.2, 0) is 10.0 Å². The van der Waals surface area contributed by atoms with E-state index in [1.165, 1.54) is 0 Å². The van der Waals surface area contributed by atoms with E-state index >= 15 is 0 Å². The third-order valence-corrected chi connectivity index (χ3v) is 6.40. The van der Waals surface area contributed by atoms with Gasteiger partial charge < -0.3 is 10.1 Å². The first-order chi connectivity index (χ1) is 11.9. The van der Waals surface area contributed by atoms with E-state index in [2.05, 4.69) is 37.7 Å². The van der Waals surface area contributed by atoms with Crippen LogP contribution in [-0.4, -0.2) is 32.1 Å². The number of benzene rings is 1. The summed E-state index contributed by atoms with van der Waals surface area (Å²) in [5, 5.41) is 3.58. The molecular formula is C20H34N2O3S. The van der Waals surface area contributed by atoms with Gasteiger partial charge in [-0.15, -0.1) is 0 Å². The van der Waals surface area contributed by atoms with E-state index in [-0.39, 0.29) is 17.1 Å². The smallest absolute Gasteiger partial charge is 0.241 e. The van der Waals surface area contributed by atoms with Crippen molar-refractivity contribution in [2.24, 2.45) is 0 Å². The summed E-state index contributed by atoms with van der Waals surface area (Å²) in [5.74, 6) is 0.642. The van der Waals surface area contributed by atoms with Crippen molar-refractivity contribution < 1.29 is 13.2 Å². The highest BCUT2D eigenvalue weighted by atomic mass is 32.2. The van der Waals surface area contributed by atoms with Gasteiger partial charge in [-0.1, -0.05) is 13.0 Å². The standard InChI is InChI=1S/C20H34N2O3S/c1-8-9-25-17-11-18(15(3)10-14(17)2)26(23,24)21-16-12-19(4,5)22-20(6,7)13-16/h10-11,16,21-22H,8-9,12-13H2,1-7H3. The molecule has 1 saturated heterocycles. The minimum Gasteiger partial charge on any atom is -0.493 e. The molecule has 1 fully saturated rings. The maximum Gasteiger partial charge on any atom is 0.241 e. The topological polar surface area (TPSA) is 67.4 Å². The average Bonchev–Trinajstić information content (AvgIpc) is 2.41. The number of piperidine rings is 1. The van der Waals surface area contributed by atoms with Gasteiger partial charge in [-0.3, -0.25) is 0 Å². The fourth-order valence-electron chi connectivity index (χ4n) is 4.16. The first-order valence-electron chi connectivity index (χ1n) is 9.41. The molecule has 1 aromatic carbocycles. The largest absolute Gasteiger partial charge is 0.493 e. The van der Waals surface area contributed by atoms with Crippen LogP contribution in [0.4, 0.5) is 0 Å². The fraction of sp³-hybridized carbons (Fsp3) is 0.700. The Balaban J connectivity index is 2.30. The summed E-state index contributed by atoms with van der Waals surface area (Å²) in [4.78, 5) is 0.309. The molecule has 1 aliphatic rings. The third kappa shape index (κ3) is 5.21. The quantitative estimate of drug-likeness (QED) is 0.787. The summed E-state index contributed by atoms with van der Waals surface area (Å²) < 4.78 is 34.9. The number of hydrogen-bond acceptors (Lipinski definition) is 4. The summed E-state index contributed by atoms with van der Waals surface area (Å²) in [5.41, 5.74) is 1.46. The maximum absolute atomic E-state index is 13.1. The van der Waals surface area contributed by atoms with E-state index in [0.29, 0.717) is 17.3 Å². The van der Waals surface area contributed by atoms with Crippen molar-refractivity contribution in [1.82, 2.24) is 10.0 Å². The summed E-state index contributed by atoms with van der Waals surface area (Å²) >= 11 is 0. The monoisotopic (exact) mass is 382 g/mol. The molecule has 1 aromatic rings. The molecule has 0 bridgehead atoms. The third-order valence-electron chi connectivity index (χ3n) is 4.74. The second-order valence-electron chi connectivity index (χ2n) is 8.85. The van der Waals surface area contributed by atoms with Crippen LogP contribution in [0, 0.1) is 13.8 Å². The molecule has 1 heterocycles. The number of rotatable bonds is 6. The molecule has 0 radical (unpaired) electrons. The maximum atomic E-state index is 13.1. The van der Waals surface area contributed by atoms with E-state index < -0.39 is 10.0 Å². The minimum atomic E-state index is -3.61. The number of ether oxygens (including phenoxy) is 1. The summed E-state index contributed by atoms with van der Waals surface area (Å²) in [6.07, 6.45) is 2.38. The van der Waals surface area contributed by atoms with Crippen LogP contribution < -0.4 is 14.8 Å². The second kappa shape index (κ2) is 7.49. The second-order valence-corrected chi connectivity index (χ2v) is 10.5. The van der Waals surface area contributed by atoms with Gasteiger partial charge >= 0.3 is 0 Å². The van der Waals surface area contributed by atoms with E-state index in [4.69, 9.17) is 4.74 Å². The van der Waals surface area contributed by atoms with Crippen molar-refractivity contribution in [2.45, 2.75) is 89.7 Å². The van der Waals surface area contributed by atoms with Crippen molar-refractivity contribution in [3.8, 4) is 5.75 Å². The Hall–Kier alpha value is -1.11. The zero-order valence-corrected chi connectivity index (χ0v) is 18.0. The molecule has 0 amide bonds. The Bertz CT molecular complexity index is 739. The molecule has 0 aliphatic carbocycles. The van der Waals surface area contributed by atoms with Crippen LogP contribution in [0.5, 0.6) is 5.75 Å². The van der Waals surface area contributed by atoms with Crippen LogP contribution in [0.2, 0.25) is 0 Å². The van der Waals surface area contributed by atoms with Crippen LogP contribution in [0.15, 0.2) is 17.0 Å². The normalized spacial score (nSPS) is 20.1. The van der Waals surface area contributed by atoms with Gasteiger partial charge in [0.1, 0.15) is 5.75 Å². The van der Waals surface area contributed by atoms with Gasteiger partial charge in [0, 0.05) is 23.2 Å². The highest BCUT2D eigenvalue weighted by Crippen LogP contribution is 2.31. The average molecular weight is 383 g/mol.